The quantitative estimate of drug-likeness (QED) is 0.591. The van der Waals surface area contributed by atoms with Crippen molar-refractivity contribution in [3.8, 4) is 0 Å². The van der Waals surface area contributed by atoms with E-state index in [1.165, 1.54) is 6.92 Å². The molecule has 1 aromatic carbocycles. The van der Waals surface area contributed by atoms with E-state index in [9.17, 15) is 22.4 Å². The molecule has 1 fully saturated rings. The molecule has 1 saturated heterocycles. The van der Waals surface area contributed by atoms with Crippen LogP contribution in [0.25, 0.3) is 0 Å². The molecule has 1 aliphatic heterocycles. The topological polar surface area (TPSA) is 23.6 Å². The van der Waals surface area contributed by atoms with Crippen LogP contribution in [0, 0.1) is 5.92 Å². The van der Waals surface area contributed by atoms with Crippen molar-refractivity contribution in [2.75, 3.05) is 26.3 Å². The maximum absolute atomic E-state index is 14.5. The lowest BCUT2D eigenvalue weighted by Gasteiger charge is -2.34. The zero-order valence-corrected chi connectivity index (χ0v) is 12.9. The molecule has 0 saturated carbocycles. The third kappa shape index (κ3) is 3.83. The fourth-order valence-electron chi connectivity index (χ4n) is 2.96. The van der Waals surface area contributed by atoms with Crippen LogP contribution in [-0.2, 0) is 11.3 Å². The van der Waals surface area contributed by atoms with Gasteiger partial charge in [0.2, 0.25) is 0 Å². The molecule has 1 amide bonds. The van der Waals surface area contributed by atoms with Gasteiger partial charge in [-0.3, -0.25) is 14.6 Å². The first kappa shape index (κ1) is 17.7. The van der Waals surface area contributed by atoms with Crippen LogP contribution in [-0.4, -0.2) is 54.2 Å². The Morgan fingerprint density at radius 2 is 1.96 bits per heavy atom. The molecule has 0 radical (unpaired) electrons. The molecule has 128 valence electrons. The molecule has 23 heavy (non-hydrogen) atoms. The van der Waals surface area contributed by atoms with Crippen molar-refractivity contribution in [3.63, 3.8) is 0 Å². The van der Waals surface area contributed by atoms with E-state index in [0.717, 1.165) is 5.56 Å². The molecule has 1 aliphatic rings. The number of alkyl halides is 4. The van der Waals surface area contributed by atoms with E-state index in [4.69, 9.17) is 0 Å². The molecule has 1 heterocycles. The van der Waals surface area contributed by atoms with Crippen LogP contribution < -0.4 is 0 Å². The van der Waals surface area contributed by atoms with Crippen molar-refractivity contribution in [1.29, 1.82) is 0 Å². The Kier molecular flexibility index (Phi) is 5.62. The molecule has 7 heteroatoms. The standard InChI is InChI=1S/C16H20F4N2O/c1-2-22(15(23)8-17)16(19,20)13-10-21(11-14(13)18)9-12-6-4-3-5-7-12/h3-7,13-14H,2,8-11H2,1H3/t13-,14-/m1/s1. The molecule has 0 aromatic heterocycles. The van der Waals surface area contributed by atoms with Gasteiger partial charge in [-0.15, -0.1) is 0 Å². The van der Waals surface area contributed by atoms with Crippen molar-refractivity contribution < 1.29 is 22.4 Å². The van der Waals surface area contributed by atoms with Gasteiger partial charge < -0.3 is 0 Å². The minimum absolute atomic E-state index is 0.128. The first-order valence-corrected chi connectivity index (χ1v) is 7.54. The SMILES string of the molecule is CCN(C(=O)CF)C(F)(F)[C@@H]1CN(Cc2ccccc2)C[C@H]1F. The smallest absolute Gasteiger partial charge is 0.295 e. The van der Waals surface area contributed by atoms with Gasteiger partial charge in [-0.05, 0) is 12.5 Å². The first-order chi connectivity index (χ1) is 10.9. The summed E-state index contributed by atoms with van der Waals surface area (Å²) in [6.45, 7) is -0.503. The minimum atomic E-state index is -3.71. The summed E-state index contributed by atoms with van der Waals surface area (Å²) in [5, 5.41) is 0. The number of carbonyl (C=O) groups excluding carboxylic acids is 1. The second kappa shape index (κ2) is 7.29. The van der Waals surface area contributed by atoms with Crippen LogP contribution in [0.3, 0.4) is 0 Å². The zero-order chi connectivity index (χ0) is 17.0. The number of rotatable bonds is 6. The Balaban J connectivity index is 2.09. The molecular formula is C16H20F4N2O. The molecule has 3 nitrogen and oxygen atoms in total. The third-order valence-corrected chi connectivity index (χ3v) is 4.11. The van der Waals surface area contributed by atoms with Gasteiger partial charge >= 0.3 is 6.05 Å². The van der Waals surface area contributed by atoms with Crippen LogP contribution >= 0.6 is 0 Å². The van der Waals surface area contributed by atoms with E-state index in [1.807, 2.05) is 30.3 Å². The first-order valence-electron chi connectivity index (χ1n) is 7.54. The molecule has 1 aromatic rings. The van der Waals surface area contributed by atoms with Gasteiger partial charge in [-0.2, -0.15) is 8.78 Å². The molecule has 2 rings (SSSR count). The summed E-state index contributed by atoms with van der Waals surface area (Å²) in [4.78, 5) is 13.1. The molecule has 2 atom stereocenters. The van der Waals surface area contributed by atoms with Crippen LogP contribution in [0.1, 0.15) is 12.5 Å². The van der Waals surface area contributed by atoms with Crippen LogP contribution in [0.4, 0.5) is 17.6 Å². The normalized spacial score (nSPS) is 22.3. The van der Waals surface area contributed by atoms with Crippen LogP contribution in [0.15, 0.2) is 30.3 Å². The number of hydrogen-bond donors (Lipinski definition) is 0. The minimum Gasteiger partial charge on any atom is -0.295 e. The zero-order valence-electron chi connectivity index (χ0n) is 12.9. The molecule has 0 bridgehead atoms. The van der Waals surface area contributed by atoms with Gasteiger partial charge in [0.05, 0.1) is 5.92 Å². The Morgan fingerprint density at radius 3 is 2.52 bits per heavy atom. The van der Waals surface area contributed by atoms with Crippen molar-refractivity contribution in [3.05, 3.63) is 35.9 Å². The van der Waals surface area contributed by atoms with E-state index < -0.39 is 30.7 Å². The van der Waals surface area contributed by atoms with Crippen molar-refractivity contribution in [1.82, 2.24) is 9.80 Å². The molecule has 0 aliphatic carbocycles. The molecular weight excluding hydrogens is 312 g/mol. The monoisotopic (exact) mass is 332 g/mol. The van der Waals surface area contributed by atoms with E-state index in [1.54, 1.807) is 4.90 Å². The summed E-state index contributed by atoms with van der Waals surface area (Å²) >= 11 is 0. The molecule has 0 spiro atoms. The Hall–Kier alpha value is -1.63. The summed E-state index contributed by atoms with van der Waals surface area (Å²) in [7, 11) is 0. The second-order valence-electron chi connectivity index (χ2n) is 5.66. The van der Waals surface area contributed by atoms with Gasteiger partial charge in [0.1, 0.15) is 6.17 Å². The Labute approximate surface area is 132 Å². The third-order valence-electron chi connectivity index (χ3n) is 4.11. The van der Waals surface area contributed by atoms with Crippen LogP contribution in [0.2, 0.25) is 0 Å². The van der Waals surface area contributed by atoms with Crippen molar-refractivity contribution in [2.45, 2.75) is 25.7 Å². The summed E-state index contributed by atoms with van der Waals surface area (Å²) in [6.07, 6.45) is -1.77. The number of likely N-dealkylation sites (tertiary alicyclic amines) is 1. The number of amides is 1. The van der Waals surface area contributed by atoms with Crippen molar-refractivity contribution >= 4 is 5.91 Å². The van der Waals surface area contributed by atoms with Gasteiger partial charge in [-0.25, -0.2) is 8.78 Å². The highest BCUT2D eigenvalue weighted by atomic mass is 19.3. The highest BCUT2D eigenvalue weighted by Crippen LogP contribution is 2.37. The van der Waals surface area contributed by atoms with Crippen LogP contribution in [0.5, 0.6) is 0 Å². The highest BCUT2D eigenvalue weighted by molar-refractivity contribution is 5.77. The van der Waals surface area contributed by atoms with Gasteiger partial charge in [-0.1, -0.05) is 30.3 Å². The fraction of sp³-hybridized carbons (Fsp3) is 0.562. The Morgan fingerprint density at radius 1 is 1.30 bits per heavy atom. The summed E-state index contributed by atoms with van der Waals surface area (Å²) in [5.74, 6) is -2.96. The number of hydrogen-bond acceptors (Lipinski definition) is 2. The molecule has 0 N–H and O–H groups in total. The number of halogens is 4. The predicted molar refractivity (Wildman–Crippen MR) is 78.4 cm³/mol. The highest BCUT2D eigenvalue weighted by Gasteiger charge is 2.54. The van der Waals surface area contributed by atoms with E-state index in [0.29, 0.717) is 6.54 Å². The van der Waals surface area contributed by atoms with Gasteiger partial charge in [0.15, 0.2) is 6.67 Å². The lowest BCUT2D eigenvalue weighted by atomic mass is 10.0. The molecule has 0 unspecified atom stereocenters. The lowest BCUT2D eigenvalue weighted by molar-refractivity contribution is -0.200. The van der Waals surface area contributed by atoms with E-state index >= 15 is 0 Å². The van der Waals surface area contributed by atoms with Gasteiger partial charge in [0.25, 0.3) is 5.91 Å². The lowest BCUT2D eigenvalue weighted by Crippen LogP contribution is -2.53. The van der Waals surface area contributed by atoms with E-state index in [2.05, 4.69) is 0 Å². The number of nitrogens with zero attached hydrogens (tertiary/aromatic N) is 2. The maximum Gasteiger partial charge on any atom is 0.334 e. The maximum atomic E-state index is 14.5. The number of benzene rings is 1. The Bertz CT molecular complexity index is 526. The largest absolute Gasteiger partial charge is 0.334 e. The second-order valence-corrected chi connectivity index (χ2v) is 5.66. The van der Waals surface area contributed by atoms with Gasteiger partial charge in [0, 0.05) is 26.2 Å². The average Bonchev–Trinajstić information content (AvgIpc) is 2.89. The summed E-state index contributed by atoms with van der Waals surface area (Å²) in [6, 6.07) is 5.45. The van der Waals surface area contributed by atoms with E-state index in [-0.39, 0.29) is 24.5 Å². The van der Waals surface area contributed by atoms with Crippen molar-refractivity contribution in [2.24, 2.45) is 5.92 Å². The predicted octanol–water partition coefficient (Wildman–Crippen LogP) is 2.87. The average molecular weight is 332 g/mol. The fourth-order valence-corrected chi connectivity index (χ4v) is 2.96. The summed E-state index contributed by atoms with van der Waals surface area (Å²) < 4.78 is 55.6. The summed E-state index contributed by atoms with van der Waals surface area (Å²) in [5.41, 5.74) is 0.899. The number of carbonyl (C=O) groups is 1.